The second kappa shape index (κ2) is 13.9. The van der Waals surface area contributed by atoms with Crippen molar-refractivity contribution >= 4 is 23.4 Å². The van der Waals surface area contributed by atoms with Gasteiger partial charge in [-0.05, 0) is 37.6 Å². The molecule has 1 saturated heterocycles. The van der Waals surface area contributed by atoms with Gasteiger partial charge >= 0.3 is 0 Å². The molecule has 1 aliphatic heterocycles. The number of aryl methyl sites for hydroxylation is 1. The molecule has 2 aromatic carbocycles. The second-order valence-corrected chi connectivity index (χ2v) is 11.4. The van der Waals surface area contributed by atoms with Crippen molar-refractivity contribution in [3.8, 4) is 17.3 Å². The lowest BCUT2D eigenvalue weighted by atomic mass is 10.1. The predicted octanol–water partition coefficient (Wildman–Crippen LogP) is 6.10. The molecule has 1 fully saturated rings. The van der Waals surface area contributed by atoms with Crippen molar-refractivity contribution < 1.29 is 27.7 Å². The lowest BCUT2D eigenvalue weighted by molar-refractivity contribution is -0.267. The summed E-state index contributed by atoms with van der Waals surface area (Å²) in [7, 11) is 1.53. The van der Waals surface area contributed by atoms with Gasteiger partial charge in [0.1, 0.15) is 46.1 Å². The van der Waals surface area contributed by atoms with Crippen LogP contribution in [-0.2, 0) is 25.5 Å². The Labute approximate surface area is 256 Å². The molecule has 3 heterocycles. The molecule has 5 rings (SSSR count). The van der Waals surface area contributed by atoms with Crippen LogP contribution in [0.25, 0.3) is 11.3 Å². The molecular formula is C30H28ClF2N5O4S. The van der Waals surface area contributed by atoms with Crippen molar-refractivity contribution in [2.24, 2.45) is 0 Å². The highest BCUT2D eigenvalue weighted by Gasteiger charge is 2.36. The van der Waals surface area contributed by atoms with Gasteiger partial charge in [-0.25, -0.2) is 18.4 Å². The summed E-state index contributed by atoms with van der Waals surface area (Å²) in [5, 5.41) is 17.3. The first kappa shape index (κ1) is 31.0. The zero-order chi connectivity index (χ0) is 30.5. The van der Waals surface area contributed by atoms with Crippen molar-refractivity contribution in [1.29, 1.82) is 5.26 Å². The van der Waals surface area contributed by atoms with E-state index in [0.717, 1.165) is 23.3 Å². The van der Waals surface area contributed by atoms with Gasteiger partial charge in [0.15, 0.2) is 12.0 Å². The maximum absolute atomic E-state index is 14.1. The number of aromatic nitrogens is 4. The van der Waals surface area contributed by atoms with E-state index in [4.69, 9.17) is 30.5 Å². The van der Waals surface area contributed by atoms with E-state index in [-0.39, 0.29) is 36.2 Å². The number of nitrogens with zero attached hydrogens (tertiary/aromatic N) is 5. The highest BCUT2D eigenvalue weighted by Crippen LogP contribution is 2.35. The predicted molar refractivity (Wildman–Crippen MR) is 155 cm³/mol. The molecule has 43 heavy (non-hydrogen) atoms. The number of rotatable bonds is 10. The van der Waals surface area contributed by atoms with Gasteiger partial charge in [0.2, 0.25) is 0 Å². The van der Waals surface area contributed by atoms with Crippen LogP contribution < -0.4 is 0 Å². The fourth-order valence-electron chi connectivity index (χ4n) is 4.46. The molecule has 3 unspecified atom stereocenters. The third kappa shape index (κ3) is 7.38. The largest absolute Gasteiger partial charge is 0.376 e. The van der Waals surface area contributed by atoms with Gasteiger partial charge in [-0.2, -0.15) is 5.26 Å². The highest BCUT2D eigenvalue weighted by molar-refractivity contribution is 7.99. The van der Waals surface area contributed by atoms with E-state index in [1.54, 1.807) is 12.4 Å². The lowest BCUT2D eigenvalue weighted by Crippen LogP contribution is -2.45. The minimum absolute atomic E-state index is 0.163. The number of nitriles is 1. The molecule has 0 amide bonds. The number of hydrogen-bond acceptors (Lipinski definition) is 9. The quantitative estimate of drug-likeness (QED) is 0.117. The Bertz CT molecular complexity index is 1580. The summed E-state index contributed by atoms with van der Waals surface area (Å²) in [6.45, 7) is 4.22. The van der Waals surface area contributed by atoms with Gasteiger partial charge in [0.25, 0.3) is 0 Å². The fourth-order valence-corrected chi connectivity index (χ4v) is 5.83. The monoisotopic (exact) mass is 627 g/mol. The number of thioether (sulfide) groups is 1. The molecule has 2 aromatic heterocycles. The summed E-state index contributed by atoms with van der Waals surface area (Å²) in [6, 6.07) is 15.8. The Morgan fingerprint density at radius 3 is 2.63 bits per heavy atom. The first-order chi connectivity index (χ1) is 20.7. The van der Waals surface area contributed by atoms with Crippen LogP contribution in [0.4, 0.5) is 8.78 Å². The number of methoxy groups -OCH3 is 1. The summed E-state index contributed by atoms with van der Waals surface area (Å²) in [4.78, 5) is 4.87. The zero-order valence-electron chi connectivity index (χ0n) is 23.5. The standard InChI is InChI=1S/C30H28ClF2N5O4S/c1-17-9-27(23(12-34)35-13-17)43-30(42-26-16-40-29(41-18(26)2)19-7-5-4-6-8-19)25(39-3)15-38-14-24(36-37-38)20-10-21(32)28(31)22(33)11-20/h4-11,13-14,18,25-26,29-30H,15-16H2,1-3H3/t18-,25+,26?,29?,30?/m1/s1. The zero-order valence-corrected chi connectivity index (χ0v) is 25.1. The number of pyridine rings is 1. The van der Waals surface area contributed by atoms with Crippen LogP contribution >= 0.6 is 23.4 Å². The highest BCUT2D eigenvalue weighted by atomic mass is 35.5. The molecule has 0 saturated carbocycles. The van der Waals surface area contributed by atoms with Gasteiger partial charge in [0.05, 0.1) is 25.5 Å². The third-order valence-corrected chi connectivity index (χ3v) is 8.36. The summed E-state index contributed by atoms with van der Waals surface area (Å²) < 4.78 is 54.2. The van der Waals surface area contributed by atoms with Gasteiger partial charge < -0.3 is 18.9 Å². The fraction of sp³-hybridized carbons (Fsp3) is 0.333. The Morgan fingerprint density at radius 1 is 1.21 bits per heavy atom. The lowest BCUT2D eigenvalue weighted by Gasteiger charge is -2.38. The van der Waals surface area contributed by atoms with Crippen LogP contribution in [0.1, 0.15) is 30.0 Å². The molecule has 5 atom stereocenters. The smallest absolute Gasteiger partial charge is 0.184 e. The minimum Gasteiger partial charge on any atom is -0.376 e. The van der Waals surface area contributed by atoms with Gasteiger partial charge in [-0.3, -0.25) is 0 Å². The summed E-state index contributed by atoms with van der Waals surface area (Å²) >= 11 is 6.91. The van der Waals surface area contributed by atoms with E-state index >= 15 is 0 Å². The minimum atomic E-state index is -0.897. The van der Waals surface area contributed by atoms with Crippen LogP contribution in [0, 0.1) is 29.9 Å². The Balaban J connectivity index is 1.38. The second-order valence-electron chi connectivity index (χ2n) is 9.90. The Kier molecular flexibility index (Phi) is 10.0. The molecule has 224 valence electrons. The number of halogens is 3. The SMILES string of the molecule is CO[C@@H](Cn1cc(-c2cc(F)c(Cl)c(F)c2)nn1)C(OC1COC(c2ccccc2)O[C@@H]1C)Sc1cc(C)cnc1C#N. The molecule has 0 spiro atoms. The van der Waals surface area contributed by atoms with E-state index in [9.17, 15) is 14.0 Å². The van der Waals surface area contributed by atoms with Crippen LogP contribution in [0.3, 0.4) is 0 Å². The molecule has 4 aromatic rings. The van der Waals surface area contributed by atoms with E-state index in [1.165, 1.54) is 23.6 Å². The van der Waals surface area contributed by atoms with Gasteiger partial charge in [0, 0.05) is 29.3 Å². The van der Waals surface area contributed by atoms with Crippen molar-refractivity contribution in [2.75, 3.05) is 13.7 Å². The summed E-state index contributed by atoms with van der Waals surface area (Å²) in [5.41, 5.74) is 1.79. The molecule has 0 N–H and O–H groups in total. The third-order valence-electron chi connectivity index (χ3n) is 6.78. The number of benzene rings is 2. The number of hydrogen-bond donors (Lipinski definition) is 0. The summed E-state index contributed by atoms with van der Waals surface area (Å²) in [5.74, 6) is -1.79. The van der Waals surface area contributed by atoms with E-state index < -0.39 is 40.6 Å². The van der Waals surface area contributed by atoms with E-state index in [2.05, 4.69) is 21.4 Å². The molecule has 0 radical (unpaired) electrons. The molecular weight excluding hydrogens is 600 g/mol. The molecule has 0 aliphatic carbocycles. The average molecular weight is 628 g/mol. The van der Waals surface area contributed by atoms with E-state index in [1.807, 2.05) is 50.2 Å². The van der Waals surface area contributed by atoms with Gasteiger partial charge in [-0.15, -0.1) is 5.10 Å². The van der Waals surface area contributed by atoms with Crippen LogP contribution in [0.15, 0.2) is 65.8 Å². The van der Waals surface area contributed by atoms with Crippen molar-refractivity contribution in [1.82, 2.24) is 20.0 Å². The average Bonchev–Trinajstić information content (AvgIpc) is 3.48. The van der Waals surface area contributed by atoms with E-state index in [0.29, 0.717) is 4.90 Å². The molecule has 13 heteroatoms. The van der Waals surface area contributed by atoms with Crippen molar-refractivity contribution in [3.05, 3.63) is 94.4 Å². The molecule has 1 aliphatic rings. The Hall–Kier alpha value is -3.44. The Morgan fingerprint density at radius 2 is 1.95 bits per heavy atom. The molecule has 9 nitrogen and oxygen atoms in total. The first-order valence-corrected chi connectivity index (χ1v) is 14.6. The topological polar surface area (TPSA) is 104 Å². The summed E-state index contributed by atoms with van der Waals surface area (Å²) in [6.07, 6.45) is 1.22. The van der Waals surface area contributed by atoms with Crippen molar-refractivity contribution in [3.63, 3.8) is 0 Å². The number of ether oxygens (including phenoxy) is 4. The van der Waals surface area contributed by atoms with Gasteiger partial charge in [-0.1, -0.05) is 58.9 Å². The van der Waals surface area contributed by atoms with Crippen molar-refractivity contribution in [2.45, 2.75) is 55.3 Å². The van der Waals surface area contributed by atoms with Crippen LogP contribution in [-0.4, -0.2) is 57.4 Å². The van der Waals surface area contributed by atoms with Crippen LogP contribution in [0.2, 0.25) is 5.02 Å². The maximum Gasteiger partial charge on any atom is 0.184 e. The van der Waals surface area contributed by atoms with Crippen LogP contribution in [0.5, 0.6) is 0 Å². The maximum atomic E-state index is 14.1. The normalized spacial score (nSPS) is 20.0. The first-order valence-electron chi connectivity index (χ1n) is 13.3. The molecule has 0 bridgehead atoms.